The molecule has 2 N–H and O–H groups in total. The Morgan fingerprint density at radius 1 is 1.31 bits per heavy atom. The number of hydrogen-bond donors (Lipinski definition) is 1. The molecule has 1 aromatic rings. The molecule has 88 valence electrons. The fourth-order valence-corrected chi connectivity index (χ4v) is 2.21. The van der Waals surface area contributed by atoms with Gasteiger partial charge < -0.3 is 10.5 Å². The van der Waals surface area contributed by atoms with Crippen LogP contribution < -0.4 is 10.5 Å². The molecule has 0 amide bonds. The SMILES string of the molecule is CC1(C)[C@H](N)[C@H]1c1ccccc1OC(F)F. The van der Waals surface area contributed by atoms with Gasteiger partial charge in [-0.05, 0) is 17.0 Å². The summed E-state index contributed by atoms with van der Waals surface area (Å²) < 4.78 is 28.9. The Balaban J connectivity index is 2.28. The van der Waals surface area contributed by atoms with Crippen molar-refractivity contribution in [3.05, 3.63) is 29.8 Å². The fourth-order valence-electron chi connectivity index (χ4n) is 2.21. The Morgan fingerprint density at radius 2 is 1.88 bits per heavy atom. The van der Waals surface area contributed by atoms with Gasteiger partial charge in [-0.25, -0.2) is 0 Å². The van der Waals surface area contributed by atoms with Crippen molar-refractivity contribution in [3.8, 4) is 5.75 Å². The summed E-state index contributed by atoms with van der Waals surface area (Å²) in [6.07, 6.45) is 0. The average Bonchev–Trinajstić information content (AvgIpc) is 2.67. The standard InChI is InChI=1S/C12H15F2NO/c1-12(2)9(10(12)15)7-5-3-4-6-8(7)16-11(13)14/h3-6,9-11H,15H2,1-2H3/t9-,10-/m1/s1. The minimum atomic E-state index is -2.79. The van der Waals surface area contributed by atoms with Crippen molar-refractivity contribution in [1.29, 1.82) is 0 Å². The van der Waals surface area contributed by atoms with Crippen LogP contribution >= 0.6 is 0 Å². The van der Waals surface area contributed by atoms with Gasteiger partial charge in [-0.2, -0.15) is 8.78 Å². The number of ether oxygens (including phenoxy) is 1. The van der Waals surface area contributed by atoms with Gasteiger partial charge in [0.2, 0.25) is 0 Å². The predicted molar refractivity (Wildman–Crippen MR) is 57.6 cm³/mol. The molecular weight excluding hydrogens is 212 g/mol. The smallest absolute Gasteiger partial charge is 0.387 e. The van der Waals surface area contributed by atoms with E-state index in [1.54, 1.807) is 18.2 Å². The Bertz CT molecular complexity index is 392. The first-order chi connectivity index (χ1) is 7.44. The van der Waals surface area contributed by atoms with Crippen LogP contribution in [0.3, 0.4) is 0 Å². The zero-order valence-corrected chi connectivity index (χ0v) is 9.28. The third kappa shape index (κ3) is 1.78. The Kier molecular flexibility index (Phi) is 2.62. The molecule has 0 aromatic heterocycles. The van der Waals surface area contributed by atoms with Crippen LogP contribution in [0, 0.1) is 5.41 Å². The van der Waals surface area contributed by atoms with Gasteiger partial charge in [-0.1, -0.05) is 32.0 Å². The van der Waals surface area contributed by atoms with Crippen molar-refractivity contribution in [2.75, 3.05) is 0 Å². The first-order valence-electron chi connectivity index (χ1n) is 5.24. The number of para-hydroxylation sites is 1. The molecule has 0 spiro atoms. The summed E-state index contributed by atoms with van der Waals surface area (Å²) in [6, 6.07) is 6.87. The highest BCUT2D eigenvalue weighted by atomic mass is 19.3. The van der Waals surface area contributed by atoms with E-state index in [0.29, 0.717) is 0 Å². The number of rotatable bonds is 3. The van der Waals surface area contributed by atoms with Gasteiger partial charge in [-0.15, -0.1) is 0 Å². The van der Waals surface area contributed by atoms with E-state index in [-0.39, 0.29) is 23.1 Å². The lowest BCUT2D eigenvalue weighted by Gasteiger charge is -2.11. The number of hydrogen-bond acceptors (Lipinski definition) is 2. The number of halogens is 2. The average molecular weight is 227 g/mol. The van der Waals surface area contributed by atoms with Gasteiger partial charge in [0.25, 0.3) is 0 Å². The lowest BCUT2D eigenvalue weighted by Crippen LogP contribution is -2.07. The highest BCUT2D eigenvalue weighted by Crippen LogP contribution is 2.59. The maximum Gasteiger partial charge on any atom is 0.387 e. The molecule has 2 nitrogen and oxygen atoms in total. The Morgan fingerprint density at radius 3 is 2.38 bits per heavy atom. The molecule has 1 aliphatic rings. The van der Waals surface area contributed by atoms with Crippen molar-refractivity contribution >= 4 is 0 Å². The van der Waals surface area contributed by atoms with Crippen LogP contribution in [0.5, 0.6) is 5.75 Å². The molecule has 0 heterocycles. The third-order valence-corrected chi connectivity index (χ3v) is 3.38. The van der Waals surface area contributed by atoms with E-state index >= 15 is 0 Å². The van der Waals surface area contributed by atoms with Gasteiger partial charge >= 0.3 is 6.61 Å². The Hall–Kier alpha value is -1.16. The van der Waals surface area contributed by atoms with E-state index in [9.17, 15) is 8.78 Å². The van der Waals surface area contributed by atoms with Crippen LogP contribution in [-0.4, -0.2) is 12.7 Å². The number of nitrogens with two attached hydrogens (primary N) is 1. The summed E-state index contributed by atoms with van der Waals surface area (Å²) in [7, 11) is 0. The van der Waals surface area contributed by atoms with Gasteiger partial charge in [0.05, 0.1) is 0 Å². The van der Waals surface area contributed by atoms with Crippen LogP contribution in [0.1, 0.15) is 25.3 Å². The van der Waals surface area contributed by atoms with E-state index in [1.807, 2.05) is 19.9 Å². The molecule has 0 saturated heterocycles. The van der Waals surface area contributed by atoms with Gasteiger partial charge in [0.1, 0.15) is 5.75 Å². The molecular formula is C12H15F2NO. The topological polar surface area (TPSA) is 35.2 Å². The molecule has 16 heavy (non-hydrogen) atoms. The largest absolute Gasteiger partial charge is 0.435 e. The second-order valence-corrected chi connectivity index (χ2v) is 4.74. The maximum atomic E-state index is 12.2. The third-order valence-electron chi connectivity index (χ3n) is 3.38. The highest BCUT2D eigenvalue weighted by Gasteiger charge is 2.57. The lowest BCUT2D eigenvalue weighted by molar-refractivity contribution is -0.0505. The lowest BCUT2D eigenvalue weighted by atomic mass is 10.0. The second kappa shape index (κ2) is 3.70. The zero-order valence-electron chi connectivity index (χ0n) is 9.28. The maximum absolute atomic E-state index is 12.2. The summed E-state index contributed by atoms with van der Waals surface area (Å²) >= 11 is 0. The van der Waals surface area contributed by atoms with E-state index in [4.69, 9.17) is 5.73 Å². The van der Waals surface area contributed by atoms with Crippen LogP contribution in [0.25, 0.3) is 0 Å². The highest BCUT2D eigenvalue weighted by molar-refractivity contribution is 5.44. The first kappa shape index (κ1) is 11.3. The molecule has 1 aromatic carbocycles. The molecule has 0 bridgehead atoms. The van der Waals surface area contributed by atoms with Crippen molar-refractivity contribution in [1.82, 2.24) is 0 Å². The summed E-state index contributed by atoms with van der Waals surface area (Å²) in [6.45, 7) is 1.27. The van der Waals surface area contributed by atoms with Gasteiger partial charge in [0.15, 0.2) is 0 Å². The molecule has 0 aliphatic heterocycles. The minimum absolute atomic E-state index is 0.00919. The predicted octanol–water partition coefficient (Wildman–Crippen LogP) is 2.74. The van der Waals surface area contributed by atoms with E-state index in [1.165, 1.54) is 0 Å². The first-order valence-corrected chi connectivity index (χ1v) is 5.24. The number of alkyl halides is 2. The van der Waals surface area contributed by atoms with Crippen LogP contribution in [0.4, 0.5) is 8.78 Å². The molecule has 1 aliphatic carbocycles. The molecule has 1 fully saturated rings. The second-order valence-electron chi connectivity index (χ2n) is 4.74. The fraction of sp³-hybridized carbons (Fsp3) is 0.500. The van der Waals surface area contributed by atoms with Crippen molar-refractivity contribution < 1.29 is 13.5 Å². The van der Waals surface area contributed by atoms with E-state index in [0.717, 1.165) is 5.56 Å². The Labute approximate surface area is 93.4 Å². The summed E-state index contributed by atoms with van der Waals surface area (Å²) in [5, 5.41) is 0. The van der Waals surface area contributed by atoms with Gasteiger partial charge in [-0.3, -0.25) is 0 Å². The van der Waals surface area contributed by atoms with Crippen molar-refractivity contribution in [2.45, 2.75) is 32.4 Å². The summed E-state index contributed by atoms with van der Waals surface area (Å²) in [5.74, 6) is 0.339. The molecule has 2 rings (SSSR count). The van der Waals surface area contributed by atoms with Crippen molar-refractivity contribution in [2.24, 2.45) is 11.1 Å². The van der Waals surface area contributed by atoms with E-state index in [2.05, 4.69) is 4.74 Å². The normalized spacial score (nSPS) is 26.9. The molecule has 0 radical (unpaired) electrons. The van der Waals surface area contributed by atoms with Gasteiger partial charge in [0, 0.05) is 12.0 Å². The summed E-state index contributed by atoms with van der Waals surface area (Å²) in [5.41, 5.74) is 6.67. The van der Waals surface area contributed by atoms with Crippen molar-refractivity contribution in [3.63, 3.8) is 0 Å². The van der Waals surface area contributed by atoms with E-state index < -0.39 is 6.61 Å². The van der Waals surface area contributed by atoms with Crippen LogP contribution in [0.2, 0.25) is 0 Å². The molecule has 0 unspecified atom stereocenters. The molecule has 4 heteroatoms. The molecule has 2 atom stereocenters. The monoisotopic (exact) mass is 227 g/mol. The number of benzene rings is 1. The van der Waals surface area contributed by atoms with Crippen LogP contribution in [-0.2, 0) is 0 Å². The zero-order chi connectivity index (χ0) is 11.9. The summed E-state index contributed by atoms with van der Waals surface area (Å²) in [4.78, 5) is 0. The van der Waals surface area contributed by atoms with Crippen LogP contribution in [0.15, 0.2) is 24.3 Å². The molecule has 1 saturated carbocycles. The quantitative estimate of drug-likeness (QED) is 0.861. The minimum Gasteiger partial charge on any atom is -0.435 e.